The molecular weight excluding hydrogens is 272 g/mol. The molecule has 0 saturated heterocycles. The Morgan fingerprint density at radius 3 is 2.81 bits per heavy atom. The first kappa shape index (κ1) is 14.0. The van der Waals surface area contributed by atoms with E-state index < -0.39 is 17.7 Å². The van der Waals surface area contributed by atoms with Gasteiger partial charge in [0.25, 0.3) is 0 Å². The summed E-state index contributed by atoms with van der Waals surface area (Å²) in [6, 6.07) is 7.35. The third-order valence-corrected chi connectivity index (χ3v) is 3.92. The maximum atomic E-state index is 14.2. The normalized spacial score (nSPS) is 15.2. The Hall–Kier alpha value is -1.94. The van der Waals surface area contributed by atoms with E-state index in [4.69, 9.17) is 10.5 Å². The van der Waals surface area contributed by atoms with Crippen LogP contribution in [0.3, 0.4) is 0 Å². The van der Waals surface area contributed by atoms with Gasteiger partial charge in [-0.25, -0.2) is 8.78 Å². The van der Waals surface area contributed by atoms with E-state index >= 15 is 0 Å². The van der Waals surface area contributed by atoms with Gasteiger partial charge in [0, 0.05) is 5.56 Å². The highest BCUT2D eigenvalue weighted by atomic mass is 19.1. The molecule has 1 unspecified atom stereocenters. The molecule has 0 aliphatic carbocycles. The summed E-state index contributed by atoms with van der Waals surface area (Å²) in [5.41, 5.74) is 8.15. The van der Waals surface area contributed by atoms with E-state index in [1.54, 1.807) is 13.0 Å². The van der Waals surface area contributed by atoms with Gasteiger partial charge in [-0.2, -0.15) is 0 Å². The molecule has 0 bridgehead atoms. The Kier molecular flexibility index (Phi) is 3.64. The number of halogens is 2. The van der Waals surface area contributed by atoms with Crippen molar-refractivity contribution >= 4 is 0 Å². The van der Waals surface area contributed by atoms with Crippen LogP contribution in [0, 0.1) is 18.6 Å². The number of hydrogen-bond donors (Lipinski definition) is 1. The number of benzene rings is 2. The summed E-state index contributed by atoms with van der Waals surface area (Å²) < 4.78 is 33.7. The van der Waals surface area contributed by atoms with Crippen molar-refractivity contribution in [3.63, 3.8) is 0 Å². The summed E-state index contributed by atoms with van der Waals surface area (Å²) in [6.07, 6.45) is 1.84. The van der Waals surface area contributed by atoms with E-state index in [1.165, 1.54) is 12.1 Å². The zero-order valence-electron chi connectivity index (χ0n) is 11.8. The lowest BCUT2D eigenvalue weighted by Gasteiger charge is -2.21. The highest BCUT2D eigenvalue weighted by molar-refractivity contribution is 5.43. The molecule has 0 spiro atoms. The number of fused-ring (bicyclic) bond motifs is 1. The topological polar surface area (TPSA) is 35.2 Å². The number of nitrogens with two attached hydrogens (primary N) is 1. The van der Waals surface area contributed by atoms with Gasteiger partial charge in [-0.15, -0.1) is 0 Å². The largest absolute Gasteiger partial charge is 0.493 e. The fourth-order valence-electron chi connectivity index (χ4n) is 2.70. The summed E-state index contributed by atoms with van der Waals surface area (Å²) in [5.74, 6) is -0.349. The van der Waals surface area contributed by atoms with Gasteiger partial charge in [-0.1, -0.05) is 18.2 Å². The fourth-order valence-corrected chi connectivity index (χ4v) is 2.70. The van der Waals surface area contributed by atoms with Crippen molar-refractivity contribution in [2.45, 2.75) is 25.8 Å². The lowest BCUT2D eigenvalue weighted by molar-refractivity contribution is 0.288. The number of aryl methyl sites for hydroxylation is 2. The molecule has 0 radical (unpaired) electrons. The molecule has 0 aromatic heterocycles. The van der Waals surface area contributed by atoms with Gasteiger partial charge in [0.05, 0.1) is 12.6 Å². The van der Waals surface area contributed by atoms with Crippen LogP contribution in [0.5, 0.6) is 5.75 Å². The minimum atomic E-state index is -0.822. The van der Waals surface area contributed by atoms with Gasteiger partial charge in [0.15, 0.2) is 0 Å². The van der Waals surface area contributed by atoms with Crippen molar-refractivity contribution in [1.29, 1.82) is 0 Å². The fraction of sp³-hybridized carbons (Fsp3) is 0.294. The molecule has 2 nitrogen and oxygen atoms in total. The van der Waals surface area contributed by atoms with Crippen molar-refractivity contribution < 1.29 is 13.5 Å². The van der Waals surface area contributed by atoms with Crippen LogP contribution in [0.1, 0.15) is 34.7 Å². The molecule has 1 aliphatic rings. The van der Waals surface area contributed by atoms with E-state index in [0.29, 0.717) is 17.7 Å². The van der Waals surface area contributed by atoms with Crippen LogP contribution in [0.2, 0.25) is 0 Å². The number of ether oxygens (including phenoxy) is 1. The smallest absolute Gasteiger partial charge is 0.134 e. The van der Waals surface area contributed by atoms with Crippen LogP contribution in [0.25, 0.3) is 0 Å². The third kappa shape index (κ3) is 2.51. The lowest BCUT2D eigenvalue weighted by atomic mass is 9.94. The molecule has 0 amide bonds. The van der Waals surface area contributed by atoms with Crippen molar-refractivity contribution in [1.82, 2.24) is 0 Å². The van der Waals surface area contributed by atoms with Crippen molar-refractivity contribution in [3.8, 4) is 5.75 Å². The van der Waals surface area contributed by atoms with Gasteiger partial charge in [-0.05, 0) is 48.6 Å². The molecule has 3 rings (SSSR count). The van der Waals surface area contributed by atoms with Gasteiger partial charge in [0.2, 0.25) is 0 Å². The SMILES string of the molecule is Cc1ccc(F)c(C(N)c2ccc3c(c2)CCCO3)c1F. The first-order chi connectivity index (χ1) is 10.1. The second-order valence-corrected chi connectivity index (χ2v) is 5.39. The molecule has 21 heavy (non-hydrogen) atoms. The second-order valence-electron chi connectivity index (χ2n) is 5.39. The molecule has 0 fully saturated rings. The maximum Gasteiger partial charge on any atom is 0.134 e. The van der Waals surface area contributed by atoms with Crippen LogP contribution >= 0.6 is 0 Å². The number of hydrogen-bond acceptors (Lipinski definition) is 2. The average Bonchev–Trinajstić information content (AvgIpc) is 2.51. The van der Waals surface area contributed by atoms with Crippen LogP contribution < -0.4 is 10.5 Å². The highest BCUT2D eigenvalue weighted by Crippen LogP contribution is 2.31. The van der Waals surface area contributed by atoms with Crippen LogP contribution in [0.4, 0.5) is 8.78 Å². The van der Waals surface area contributed by atoms with Crippen LogP contribution in [0.15, 0.2) is 30.3 Å². The van der Waals surface area contributed by atoms with Crippen molar-refractivity contribution in [2.75, 3.05) is 6.61 Å². The summed E-state index contributed by atoms with van der Waals surface area (Å²) in [6.45, 7) is 2.31. The van der Waals surface area contributed by atoms with E-state index in [1.807, 2.05) is 12.1 Å². The van der Waals surface area contributed by atoms with E-state index in [2.05, 4.69) is 0 Å². The quantitative estimate of drug-likeness (QED) is 0.916. The highest BCUT2D eigenvalue weighted by Gasteiger charge is 2.21. The Morgan fingerprint density at radius 2 is 2.00 bits per heavy atom. The van der Waals surface area contributed by atoms with Gasteiger partial charge in [0.1, 0.15) is 17.4 Å². The Labute approximate surface area is 122 Å². The zero-order chi connectivity index (χ0) is 15.0. The molecule has 1 atom stereocenters. The van der Waals surface area contributed by atoms with E-state index in [-0.39, 0.29) is 5.56 Å². The first-order valence-corrected chi connectivity index (χ1v) is 7.03. The Balaban J connectivity index is 2.03. The van der Waals surface area contributed by atoms with Gasteiger partial charge in [-0.3, -0.25) is 0 Å². The zero-order valence-corrected chi connectivity index (χ0v) is 11.8. The molecule has 110 valence electrons. The molecule has 2 aromatic rings. The Bertz CT molecular complexity index is 685. The number of rotatable bonds is 2. The lowest BCUT2D eigenvalue weighted by Crippen LogP contribution is -2.17. The molecule has 1 aliphatic heterocycles. The molecule has 4 heteroatoms. The van der Waals surface area contributed by atoms with E-state index in [9.17, 15) is 8.78 Å². The van der Waals surface area contributed by atoms with Crippen LogP contribution in [-0.2, 0) is 6.42 Å². The van der Waals surface area contributed by atoms with Gasteiger partial charge >= 0.3 is 0 Å². The maximum absolute atomic E-state index is 14.2. The third-order valence-electron chi connectivity index (χ3n) is 3.92. The molecular formula is C17H17F2NO. The van der Waals surface area contributed by atoms with Crippen molar-refractivity contribution in [2.24, 2.45) is 5.73 Å². The van der Waals surface area contributed by atoms with Crippen LogP contribution in [-0.4, -0.2) is 6.61 Å². The minimum Gasteiger partial charge on any atom is -0.493 e. The summed E-state index contributed by atoms with van der Waals surface area (Å²) in [7, 11) is 0. The van der Waals surface area contributed by atoms with Crippen molar-refractivity contribution in [3.05, 3.63) is 64.2 Å². The minimum absolute atomic E-state index is 0.0772. The molecule has 2 aromatic carbocycles. The molecule has 1 heterocycles. The van der Waals surface area contributed by atoms with E-state index in [0.717, 1.165) is 24.2 Å². The monoisotopic (exact) mass is 289 g/mol. The van der Waals surface area contributed by atoms with Gasteiger partial charge < -0.3 is 10.5 Å². The summed E-state index contributed by atoms with van der Waals surface area (Å²) in [5, 5.41) is 0. The predicted molar refractivity (Wildman–Crippen MR) is 77.4 cm³/mol. The average molecular weight is 289 g/mol. The summed E-state index contributed by atoms with van der Waals surface area (Å²) >= 11 is 0. The first-order valence-electron chi connectivity index (χ1n) is 7.03. The molecule has 2 N–H and O–H groups in total. The second kappa shape index (κ2) is 5.45. The molecule has 0 saturated carbocycles. The Morgan fingerprint density at radius 1 is 1.19 bits per heavy atom. The summed E-state index contributed by atoms with van der Waals surface area (Å²) in [4.78, 5) is 0. The predicted octanol–water partition coefficient (Wildman–Crippen LogP) is 3.65. The standard InChI is InChI=1S/C17H17F2NO/c1-10-4-6-13(18)15(16(10)19)17(20)12-5-7-14-11(9-12)3-2-8-21-14/h4-7,9,17H,2-3,8,20H2,1H3.